The molecule has 2 aromatic carbocycles. The zero-order chi connectivity index (χ0) is 15.0. The fourth-order valence-electron chi connectivity index (χ4n) is 1.93. The summed E-state index contributed by atoms with van der Waals surface area (Å²) in [5, 5.41) is 3.74. The van der Waals surface area contributed by atoms with Crippen LogP contribution in [0.4, 0.5) is 10.1 Å². The molecule has 106 valence electrons. The van der Waals surface area contributed by atoms with Gasteiger partial charge in [0.25, 0.3) is 5.91 Å². The lowest BCUT2D eigenvalue weighted by molar-refractivity contribution is 0.103. The average Bonchev–Trinajstić information content (AvgIpc) is 2.78. The molecule has 0 bridgehead atoms. The first-order valence-corrected chi connectivity index (χ1v) is 7.98. The van der Waals surface area contributed by atoms with E-state index in [1.54, 1.807) is 12.1 Å². The number of hydrogen-bond donors (Lipinski definition) is 1. The molecule has 3 rings (SSSR count). The van der Waals surface area contributed by atoms with Crippen molar-refractivity contribution in [1.82, 2.24) is 0 Å². The Morgan fingerprint density at radius 3 is 2.76 bits per heavy atom. The molecular formula is C15H8BrClFNOS. The van der Waals surface area contributed by atoms with E-state index in [0.717, 1.165) is 14.6 Å². The fourth-order valence-corrected chi connectivity index (χ4v) is 3.89. The molecule has 0 atom stereocenters. The molecule has 6 heteroatoms. The first-order chi connectivity index (χ1) is 10.1. The summed E-state index contributed by atoms with van der Waals surface area (Å²) in [6.45, 7) is 0. The molecule has 21 heavy (non-hydrogen) atoms. The quantitative estimate of drug-likeness (QED) is 0.602. The number of carbonyl (C=O) groups excluding carboxylic acids is 1. The number of para-hydroxylation sites is 1. The van der Waals surface area contributed by atoms with Gasteiger partial charge in [0.2, 0.25) is 0 Å². The van der Waals surface area contributed by atoms with Crippen LogP contribution < -0.4 is 5.32 Å². The zero-order valence-electron chi connectivity index (χ0n) is 10.5. The Morgan fingerprint density at radius 1 is 1.24 bits per heavy atom. The summed E-state index contributed by atoms with van der Waals surface area (Å²) in [5.41, 5.74) is 0.136. The van der Waals surface area contributed by atoms with Crippen LogP contribution in [0.25, 0.3) is 10.1 Å². The third-order valence-electron chi connectivity index (χ3n) is 2.92. The number of hydrogen-bond acceptors (Lipinski definition) is 2. The van der Waals surface area contributed by atoms with Crippen molar-refractivity contribution in [1.29, 1.82) is 0 Å². The molecule has 0 aliphatic carbocycles. The highest BCUT2D eigenvalue weighted by atomic mass is 79.9. The van der Waals surface area contributed by atoms with E-state index in [-0.39, 0.29) is 5.69 Å². The van der Waals surface area contributed by atoms with Crippen molar-refractivity contribution >= 4 is 60.5 Å². The Labute approximate surface area is 137 Å². The Kier molecular flexibility index (Phi) is 3.97. The second-order valence-corrected chi connectivity index (χ2v) is 6.67. The summed E-state index contributed by atoms with van der Waals surface area (Å²) in [6.07, 6.45) is 0. The molecule has 0 fully saturated rings. The maximum absolute atomic E-state index is 13.6. The third-order valence-corrected chi connectivity index (χ3v) is 5.07. The summed E-state index contributed by atoms with van der Waals surface area (Å²) in [7, 11) is 0. The number of carbonyl (C=O) groups is 1. The van der Waals surface area contributed by atoms with Gasteiger partial charge in [0.05, 0.1) is 10.7 Å². The van der Waals surface area contributed by atoms with Crippen LogP contribution in [0.2, 0.25) is 5.02 Å². The SMILES string of the molecule is O=C(Nc1ccccc1F)c1sc2cc(Br)ccc2c1Cl. The predicted octanol–water partition coefficient (Wildman–Crippen LogP) is 5.71. The molecule has 0 saturated heterocycles. The highest BCUT2D eigenvalue weighted by molar-refractivity contribution is 9.10. The Morgan fingerprint density at radius 2 is 2.00 bits per heavy atom. The fraction of sp³-hybridized carbons (Fsp3) is 0. The van der Waals surface area contributed by atoms with Gasteiger partial charge in [0.15, 0.2) is 0 Å². The van der Waals surface area contributed by atoms with Crippen LogP contribution >= 0.6 is 38.9 Å². The summed E-state index contributed by atoms with van der Waals surface area (Å²) < 4.78 is 15.4. The van der Waals surface area contributed by atoms with Crippen LogP contribution in [-0.4, -0.2) is 5.91 Å². The van der Waals surface area contributed by atoms with Crippen molar-refractivity contribution in [2.75, 3.05) is 5.32 Å². The molecule has 2 nitrogen and oxygen atoms in total. The number of nitrogens with one attached hydrogen (secondary N) is 1. The van der Waals surface area contributed by atoms with Crippen LogP contribution in [0, 0.1) is 5.82 Å². The Hall–Kier alpha value is -1.43. The van der Waals surface area contributed by atoms with Crippen molar-refractivity contribution in [3.05, 3.63) is 62.7 Å². The number of anilines is 1. The van der Waals surface area contributed by atoms with Crippen LogP contribution in [-0.2, 0) is 0 Å². The predicted molar refractivity (Wildman–Crippen MR) is 88.9 cm³/mol. The van der Waals surface area contributed by atoms with Crippen molar-refractivity contribution in [2.45, 2.75) is 0 Å². The van der Waals surface area contributed by atoms with E-state index in [9.17, 15) is 9.18 Å². The van der Waals surface area contributed by atoms with Crippen LogP contribution in [0.5, 0.6) is 0 Å². The highest BCUT2D eigenvalue weighted by Crippen LogP contribution is 2.37. The number of amides is 1. The van der Waals surface area contributed by atoms with E-state index in [1.807, 2.05) is 18.2 Å². The highest BCUT2D eigenvalue weighted by Gasteiger charge is 2.18. The number of benzene rings is 2. The zero-order valence-corrected chi connectivity index (χ0v) is 13.7. The number of halogens is 3. The van der Waals surface area contributed by atoms with Gasteiger partial charge in [-0.15, -0.1) is 11.3 Å². The minimum atomic E-state index is -0.481. The van der Waals surface area contributed by atoms with Gasteiger partial charge in [-0.1, -0.05) is 45.7 Å². The molecule has 0 aliphatic heterocycles. The number of thiophene rings is 1. The lowest BCUT2D eigenvalue weighted by Crippen LogP contribution is -2.11. The molecule has 1 amide bonds. The normalized spacial score (nSPS) is 10.8. The van der Waals surface area contributed by atoms with E-state index in [1.165, 1.54) is 23.5 Å². The smallest absolute Gasteiger partial charge is 0.267 e. The van der Waals surface area contributed by atoms with Crippen LogP contribution in [0.15, 0.2) is 46.9 Å². The van der Waals surface area contributed by atoms with Crippen LogP contribution in [0.3, 0.4) is 0 Å². The van der Waals surface area contributed by atoms with Gasteiger partial charge in [-0.2, -0.15) is 0 Å². The third kappa shape index (κ3) is 2.81. The number of fused-ring (bicyclic) bond motifs is 1. The second-order valence-electron chi connectivity index (χ2n) is 4.32. The van der Waals surface area contributed by atoms with E-state index < -0.39 is 11.7 Å². The molecule has 1 N–H and O–H groups in total. The molecule has 0 saturated carbocycles. The lowest BCUT2D eigenvalue weighted by atomic mass is 10.2. The van der Waals surface area contributed by atoms with Crippen molar-refractivity contribution in [2.24, 2.45) is 0 Å². The van der Waals surface area contributed by atoms with Gasteiger partial charge in [0, 0.05) is 14.6 Å². The Bertz CT molecular complexity index is 849. The van der Waals surface area contributed by atoms with Crippen molar-refractivity contribution in [3.8, 4) is 0 Å². The largest absolute Gasteiger partial charge is 0.319 e. The van der Waals surface area contributed by atoms with Crippen molar-refractivity contribution < 1.29 is 9.18 Å². The molecule has 1 heterocycles. The van der Waals surface area contributed by atoms with Crippen molar-refractivity contribution in [3.63, 3.8) is 0 Å². The first kappa shape index (κ1) is 14.5. The van der Waals surface area contributed by atoms with Gasteiger partial charge < -0.3 is 5.32 Å². The molecular weight excluding hydrogens is 377 g/mol. The second kappa shape index (κ2) is 5.75. The summed E-state index contributed by atoms with van der Waals surface area (Å²) in [5.74, 6) is -0.895. The van der Waals surface area contributed by atoms with Gasteiger partial charge in [-0.05, 0) is 24.3 Å². The maximum atomic E-state index is 13.6. The summed E-state index contributed by atoms with van der Waals surface area (Å²) >= 11 is 10.9. The van der Waals surface area contributed by atoms with Crippen LogP contribution in [0.1, 0.15) is 9.67 Å². The van der Waals surface area contributed by atoms with Gasteiger partial charge in [-0.25, -0.2) is 4.39 Å². The monoisotopic (exact) mass is 383 g/mol. The first-order valence-electron chi connectivity index (χ1n) is 5.99. The molecule has 0 aliphatic rings. The van der Waals surface area contributed by atoms with Gasteiger partial charge in [-0.3, -0.25) is 4.79 Å². The lowest BCUT2D eigenvalue weighted by Gasteiger charge is -2.04. The summed E-state index contributed by atoms with van der Waals surface area (Å²) in [6, 6.07) is 11.6. The molecule has 0 unspecified atom stereocenters. The number of rotatable bonds is 2. The molecule has 0 spiro atoms. The van der Waals surface area contributed by atoms with E-state index >= 15 is 0 Å². The van der Waals surface area contributed by atoms with E-state index in [0.29, 0.717) is 9.90 Å². The minimum absolute atomic E-state index is 0.136. The molecule has 3 aromatic rings. The molecule has 0 radical (unpaired) electrons. The maximum Gasteiger partial charge on any atom is 0.267 e. The minimum Gasteiger partial charge on any atom is -0.319 e. The van der Waals surface area contributed by atoms with E-state index in [2.05, 4.69) is 21.2 Å². The molecule has 1 aromatic heterocycles. The van der Waals surface area contributed by atoms with E-state index in [4.69, 9.17) is 11.6 Å². The topological polar surface area (TPSA) is 29.1 Å². The Balaban J connectivity index is 1.98. The average molecular weight is 385 g/mol. The van der Waals surface area contributed by atoms with Gasteiger partial charge in [0.1, 0.15) is 10.7 Å². The summed E-state index contributed by atoms with van der Waals surface area (Å²) in [4.78, 5) is 12.6. The standard InChI is InChI=1S/C15H8BrClFNOS/c16-8-5-6-9-12(7-8)21-14(13(9)17)15(20)19-11-4-2-1-3-10(11)18/h1-7H,(H,19,20). The van der Waals surface area contributed by atoms with Gasteiger partial charge >= 0.3 is 0 Å².